The normalized spacial score (nSPS) is 21.0. The van der Waals surface area contributed by atoms with Crippen molar-refractivity contribution in [2.45, 2.75) is 26.3 Å². The van der Waals surface area contributed by atoms with Crippen molar-refractivity contribution in [2.24, 2.45) is 5.92 Å². The molecule has 1 aliphatic rings. The van der Waals surface area contributed by atoms with E-state index in [0.717, 1.165) is 25.4 Å². The summed E-state index contributed by atoms with van der Waals surface area (Å²) < 4.78 is 11.1. The second-order valence-electron chi connectivity index (χ2n) is 5.09. The van der Waals surface area contributed by atoms with Gasteiger partial charge in [-0.2, -0.15) is 0 Å². The molecule has 0 saturated carbocycles. The average molecular weight is 249 g/mol. The van der Waals surface area contributed by atoms with Gasteiger partial charge in [-0.15, -0.1) is 0 Å². The van der Waals surface area contributed by atoms with Crippen LogP contribution in [0.4, 0.5) is 0 Å². The molecule has 3 heteroatoms. The number of ether oxygens (including phenoxy) is 2. The number of hydrogen-bond acceptors (Lipinski definition) is 3. The van der Waals surface area contributed by atoms with Gasteiger partial charge in [0.1, 0.15) is 5.75 Å². The number of nitrogens with one attached hydrogen (secondary N) is 1. The molecule has 0 aliphatic carbocycles. The lowest BCUT2D eigenvalue weighted by atomic mass is 9.88. The Labute approximate surface area is 109 Å². The van der Waals surface area contributed by atoms with Gasteiger partial charge in [0.25, 0.3) is 0 Å². The third-order valence-electron chi connectivity index (χ3n) is 3.77. The molecule has 1 N–H and O–H groups in total. The van der Waals surface area contributed by atoms with Gasteiger partial charge in [0.15, 0.2) is 0 Å². The van der Waals surface area contributed by atoms with Crippen LogP contribution in [0.2, 0.25) is 0 Å². The standard InChI is InChI=1S/C15H23NO2/c1-10-7-11(2)14(13(8-10)17-4)15(16-3)12-5-6-18-9-12/h7-8,12,15-16H,5-6,9H2,1-4H3. The Morgan fingerprint density at radius 2 is 2.17 bits per heavy atom. The fourth-order valence-corrected chi connectivity index (χ4v) is 2.94. The molecular weight excluding hydrogens is 226 g/mol. The molecule has 0 radical (unpaired) electrons. The lowest BCUT2D eigenvalue weighted by Gasteiger charge is -2.26. The predicted octanol–water partition coefficient (Wildman–Crippen LogP) is 2.61. The summed E-state index contributed by atoms with van der Waals surface area (Å²) in [4.78, 5) is 0. The molecule has 100 valence electrons. The number of hydrogen-bond donors (Lipinski definition) is 1. The highest BCUT2D eigenvalue weighted by molar-refractivity contribution is 5.45. The number of methoxy groups -OCH3 is 1. The minimum Gasteiger partial charge on any atom is -0.496 e. The molecule has 1 heterocycles. The number of rotatable bonds is 4. The van der Waals surface area contributed by atoms with Crippen molar-refractivity contribution in [3.05, 3.63) is 28.8 Å². The van der Waals surface area contributed by atoms with E-state index in [1.807, 2.05) is 7.05 Å². The minimum atomic E-state index is 0.308. The molecular formula is C15H23NO2. The fourth-order valence-electron chi connectivity index (χ4n) is 2.94. The van der Waals surface area contributed by atoms with Crippen LogP contribution in [0, 0.1) is 19.8 Å². The first-order valence-corrected chi connectivity index (χ1v) is 6.57. The summed E-state index contributed by atoms with van der Waals surface area (Å²) in [5, 5.41) is 3.44. The van der Waals surface area contributed by atoms with Crippen molar-refractivity contribution in [3.8, 4) is 5.75 Å². The van der Waals surface area contributed by atoms with Crippen molar-refractivity contribution >= 4 is 0 Å². The van der Waals surface area contributed by atoms with Crippen LogP contribution in [0.3, 0.4) is 0 Å². The van der Waals surface area contributed by atoms with E-state index in [-0.39, 0.29) is 0 Å². The average Bonchev–Trinajstić information content (AvgIpc) is 2.85. The highest BCUT2D eigenvalue weighted by atomic mass is 16.5. The SMILES string of the molecule is CNC(c1c(C)cc(C)cc1OC)C1CCOC1. The number of benzene rings is 1. The van der Waals surface area contributed by atoms with Gasteiger partial charge in [-0.3, -0.25) is 0 Å². The maximum absolute atomic E-state index is 5.57. The first-order valence-electron chi connectivity index (χ1n) is 6.57. The topological polar surface area (TPSA) is 30.5 Å². The highest BCUT2D eigenvalue weighted by Crippen LogP contribution is 2.36. The van der Waals surface area contributed by atoms with Crippen LogP contribution in [-0.2, 0) is 4.74 Å². The molecule has 2 atom stereocenters. The van der Waals surface area contributed by atoms with E-state index in [1.54, 1.807) is 7.11 Å². The lowest BCUT2D eigenvalue weighted by Crippen LogP contribution is -2.27. The lowest BCUT2D eigenvalue weighted by molar-refractivity contribution is 0.177. The van der Waals surface area contributed by atoms with Crippen molar-refractivity contribution in [1.82, 2.24) is 5.32 Å². The van der Waals surface area contributed by atoms with Crippen LogP contribution in [0.25, 0.3) is 0 Å². The van der Waals surface area contributed by atoms with Crippen LogP contribution in [0.5, 0.6) is 5.75 Å². The third kappa shape index (κ3) is 2.52. The van der Waals surface area contributed by atoms with Gasteiger partial charge in [-0.1, -0.05) is 6.07 Å². The molecule has 1 aliphatic heterocycles. The molecule has 1 aromatic carbocycles. The second-order valence-corrected chi connectivity index (χ2v) is 5.09. The van der Waals surface area contributed by atoms with E-state index < -0.39 is 0 Å². The largest absolute Gasteiger partial charge is 0.496 e. The van der Waals surface area contributed by atoms with E-state index in [1.165, 1.54) is 16.7 Å². The van der Waals surface area contributed by atoms with Crippen LogP contribution in [0.15, 0.2) is 12.1 Å². The summed E-state index contributed by atoms with van der Waals surface area (Å²) in [5.41, 5.74) is 3.81. The van der Waals surface area contributed by atoms with E-state index in [0.29, 0.717) is 12.0 Å². The van der Waals surface area contributed by atoms with Gasteiger partial charge < -0.3 is 14.8 Å². The van der Waals surface area contributed by atoms with Crippen molar-refractivity contribution in [2.75, 3.05) is 27.4 Å². The summed E-state index contributed by atoms with van der Waals surface area (Å²) in [5.74, 6) is 1.52. The van der Waals surface area contributed by atoms with Crippen molar-refractivity contribution in [1.29, 1.82) is 0 Å². The first-order chi connectivity index (χ1) is 8.67. The highest BCUT2D eigenvalue weighted by Gasteiger charge is 2.29. The maximum atomic E-state index is 5.57. The Bertz CT molecular complexity index is 411. The maximum Gasteiger partial charge on any atom is 0.124 e. The Morgan fingerprint density at radius 1 is 1.39 bits per heavy atom. The molecule has 18 heavy (non-hydrogen) atoms. The monoisotopic (exact) mass is 249 g/mol. The zero-order chi connectivity index (χ0) is 13.1. The summed E-state index contributed by atoms with van der Waals surface area (Å²) in [7, 11) is 3.76. The first kappa shape index (κ1) is 13.4. The van der Waals surface area contributed by atoms with Gasteiger partial charge in [0.2, 0.25) is 0 Å². The summed E-state index contributed by atoms with van der Waals surface area (Å²) in [6.45, 7) is 5.97. The minimum absolute atomic E-state index is 0.308. The van der Waals surface area contributed by atoms with E-state index in [4.69, 9.17) is 9.47 Å². The van der Waals surface area contributed by atoms with Gasteiger partial charge in [0.05, 0.1) is 13.7 Å². The Morgan fingerprint density at radius 3 is 2.72 bits per heavy atom. The van der Waals surface area contributed by atoms with Gasteiger partial charge in [0, 0.05) is 24.1 Å². The summed E-state index contributed by atoms with van der Waals surface area (Å²) in [6, 6.07) is 4.64. The Hall–Kier alpha value is -1.06. The van der Waals surface area contributed by atoms with Crippen LogP contribution in [0.1, 0.15) is 29.2 Å². The molecule has 1 fully saturated rings. The van der Waals surface area contributed by atoms with Crippen LogP contribution >= 0.6 is 0 Å². The Balaban J connectivity index is 2.40. The van der Waals surface area contributed by atoms with Crippen molar-refractivity contribution < 1.29 is 9.47 Å². The molecule has 0 aromatic heterocycles. The number of aryl methyl sites for hydroxylation is 2. The predicted molar refractivity (Wildman–Crippen MR) is 73.2 cm³/mol. The van der Waals surface area contributed by atoms with E-state index in [9.17, 15) is 0 Å². The molecule has 1 saturated heterocycles. The van der Waals surface area contributed by atoms with Gasteiger partial charge in [-0.25, -0.2) is 0 Å². The third-order valence-corrected chi connectivity index (χ3v) is 3.77. The van der Waals surface area contributed by atoms with Gasteiger partial charge in [-0.05, 0) is 44.5 Å². The summed E-state index contributed by atoms with van der Waals surface area (Å²) >= 11 is 0. The molecule has 2 rings (SSSR count). The Kier molecular flexibility index (Phi) is 4.25. The van der Waals surface area contributed by atoms with Gasteiger partial charge >= 0.3 is 0 Å². The molecule has 3 nitrogen and oxygen atoms in total. The van der Waals surface area contributed by atoms with Crippen molar-refractivity contribution in [3.63, 3.8) is 0 Å². The van der Waals surface area contributed by atoms with E-state index in [2.05, 4.69) is 31.3 Å². The molecule has 2 unspecified atom stereocenters. The molecule has 0 amide bonds. The molecule has 0 spiro atoms. The zero-order valence-electron chi connectivity index (χ0n) is 11.7. The quantitative estimate of drug-likeness (QED) is 0.889. The molecule has 0 bridgehead atoms. The zero-order valence-corrected chi connectivity index (χ0v) is 11.7. The molecule has 1 aromatic rings. The van der Waals surface area contributed by atoms with E-state index >= 15 is 0 Å². The fraction of sp³-hybridized carbons (Fsp3) is 0.600. The van der Waals surface area contributed by atoms with Crippen LogP contribution < -0.4 is 10.1 Å². The van der Waals surface area contributed by atoms with Crippen LogP contribution in [-0.4, -0.2) is 27.4 Å². The summed E-state index contributed by atoms with van der Waals surface area (Å²) in [6.07, 6.45) is 1.11. The second kappa shape index (κ2) is 5.72. The smallest absolute Gasteiger partial charge is 0.124 e.